The molecule has 0 aliphatic rings. The van der Waals surface area contributed by atoms with E-state index in [1.165, 1.54) is 6.07 Å². The van der Waals surface area contributed by atoms with E-state index in [0.717, 1.165) is 17.2 Å². The summed E-state index contributed by atoms with van der Waals surface area (Å²) in [5.41, 5.74) is 3.08. The number of hydrogen-bond donors (Lipinski definition) is 1. The zero-order valence-corrected chi connectivity index (χ0v) is 23.2. The number of halogens is 3. The molecular formula is C30H29F3N6O2. The monoisotopic (exact) mass is 562 g/mol. The van der Waals surface area contributed by atoms with Crippen molar-refractivity contribution in [3.63, 3.8) is 0 Å². The molecule has 5 aromatic rings. The van der Waals surface area contributed by atoms with Crippen molar-refractivity contribution in [3.05, 3.63) is 94.6 Å². The van der Waals surface area contributed by atoms with E-state index in [1.807, 2.05) is 50.2 Å². The van der Waals surface area contributed by atoms with Crippen LogP contribution in [0, 0.1) is 13.8 Å². The number of aromatic nitrogens is 5. The van der Waals surface area contributed by atoms with E-state index >= 15 is 0 Å². The average Bonchev–Trinajstić information content (AvgIpc) is 3.48. The van der Waals surface area contributed by atoms with Crippen molar-refractivity contribution in [2.24, 2.45) is 0 Å². The van der Waals surface area contributed by atoms with Crippen LogP contribution >= 0.6 is 0 Å². The Kier molecular flexibility index (Phi) is 7.29. The van der Waals surface area contributed by atoms with Gasteiger partial charge in [0.25, 0.3) is 5.91 Å². The van der Waals surface area contributed by atoms with Gasteiger partial charge in [-0.25, -0.2) is 9.50 Å². The molecule has 1 amide bonds. The van der Waals surface area contributed by atoms with E-state index in [4.69, 9.17) is 4.74 Å². The molecule has 8 nitrogen and oxygen atoms in total. The first-order valence-electron chi connectivity index (χ1n) is 13.0. The first-order valence-corrected chi connectivity index (χ1v) is 13.0. The first kappa shape index (κ1) is 27.9. The van der Waals surface area contributed by atoms with Crippen molar-refractivity contribution in [3.8, 4) is 17.0 Å². The number of fused-ring (bicyclic) bond motifs is 1. The lowest BCUT2D eigenvalue weighted by atomic mass is 10.0. The van der Waals surface area contributed by atoms with E-state index in [0.29, 0.717) is 39.4 Å². The predicted molar refractivity (Wildman–Crippen MR) is 149 cm³/mol. The molecule has 11 heteroatoms. The van der Waals surface area contributed by atoms with E-state index in [-0.39, 0.29) is 23.0 Å². The number of hydrogen-bond acceptors (Lipinski definition) is 5. The molecule has 212 valence electrons. The highest BCUT2D eigenvalue weighted by Crippen LogP contribution is 2.33. The molecule has 0 aliphatic carbocycles. The Balaban J connectivity index is 1.46. The van der Waals surface area contributed by atoms with Crippen LogP contribution in [0.1, 0.15) is 58.5 Å². The minimum absolute atomic E-state index is 0.0879. The molecule has 2 aromatic carbocycles. The van der Waals surface area contributed by atoms with E-state index in [9.17, 15) is 18.0 Å². The number of methoxy groups -OCH3 is 1. The molecule has 0 aliphatic heterocycles. The van der Waals surface area contributed by atoms with Crippen LogP contribution in [0.15, 0.2) is 60.7 Å². The van der Waals surface area contributed by atoms with Crippen LogP contribution in [0.4, 0.5) is 18.9 Å². The molecule has 3 heterocycles. The van der Waals surface area contributed by atoms with Crippen LogP contribution in [-0.4, -0.2) is 37.4 Å². The Bertz CT molecular complexity index is 1740. The zero-order valence-electron chi connectivity index (χ0n) is 23.2. The molecule has 0 spiro atoms. The zero-order chi connectivity index (χ0) is 29.5. The lowest BCUT2D eigenvalue weighted by molar-refractivity contribution is -0.142. The maximum atomic E-state index is 14.1. The van der Waals surface area contributed by atoms with Crippen molar-refractivity contribution < 1.29 is 22.7 Å². The van der Waals surface area contributed by atoms with Gasteiger partial charge in [0.15, 0.2) is 17.0 Å². The van der Waals surface area contributed by atoms with Gasteiger partial charge in [-0.3, -0.25) is 9.48 Å². The maximum Gasteiger partial charge on any atom is 0.433 e. The third kappa shape index (κ3) is 5.65. The fourth-order valence-electron chi connectivity index (χ4n) is 4.63. The van der Waals surface area contributed by atoms with Gasteiger partial charge in [-0.1, -0.05) is 50.2 Å². The van der Waals surface area contributed by atoms with Crippen LogP contribution in [0.5, 0.6) is 5.75 Å². The van der Waals surface area contributed by atoms with Crippen LogP contribution in [0.25, 0.3) is 16.9 Å². The number of benzene rings is 2. The van der Waals surface area contributed by atoms with Gasteiger partial charge in [0.05, 0.1) is 36.4 Å². The standard InChI is InChI=1S/C30H29F3N6O2/c1-17(2)21-9-11-22(12-10-21)24-14-26(30(31,32)33)39-27(34-24)15-25(37-39)29(40)35-28-18(3)36-38(19(28)4)16-20-7-6-8-23(13-20)41-5/h6-15,17H,16H2,1-5H3,(H,35,40). The molecule has 3 aromatic heterocycles. The number of aryl methyl sites for hydroxylation is 1. The van der Waals surface area contributed by atoms with Crippen LogP contribution in [-0.2, 0) is 12.7 Å². The molecule has 0 radical (unpaired) electrons. The molecule has 0 saturated heterocycles. The smallest absolute Gasteiger partial charge is 0.433 e. The van der Waals surface area contributed by atoms with Gasteiger partial charge in [-0.2, -0.15) is 23.4 Å². The van der Waals surface area contributed by atoms with Gasteiger partial charge in [0.2, 0.25) is 0 Å². The second-order valence-electron chi connectivity index (χ2n) is 10.1. The summed E-state index contributed by atoms with van der Waals surface area (Å²) in [5, 5.41) is 11.3. The molecule has 0 saturated carbocycles. The van der Waals surface area contributed by atoms with Gasteiger partial charge in [-0.15, -0.1) is 0 Å². The molecule has 5 rings (SSSR count). The average molecular weight is 563 g/mol. The number of ether oxygens (including phenoxy) is 1. The minimum atomic E-state index is -4.72. The van der Waals surface area contributed by atoms with Gasteiger partial charge < -0.3 is 10.1 Å². The largest absolute Gasteiger partial charge is 0.497 e. The normalized spacial score (nSPS) is 11.8. The topological polar surface area (TPSA) is 86.3 Å². The number of rotatable bonds is 7. The molecule has 0 bridgehead atoms. The Morgan fingerprint density at radius 3 is 2.41 bits per heavy atom. The van der Waals surface area contributed by atoms with Crippen LogP contribution in [0.3, 0.4) is 0 Å². The quantitative estimate of drug-likeness (QED) is 0.240. The Morgan fingerprint density at radius 1 is 1.02 bits per heavy atom. The van der Waals surface area contributed by atoms with Crippen LogP contribution in [0.2, 0.25) is 0 Å². The highest BCUT2D eigenvalue weighted by molar-refractivity contribution is 6.04. The first-order chi connectivity index (χ1) is 19.4. The summed E-state index contributed by atoms with van der Waals surface area (Å²) >= 11 is 0. The van der Waals surface area contributed by atoms with Crippen LogP contribution < -0.4 is 10.1 Å². The van der Waals surface area contributed by atoms with E-state index in [2.05, 4.69) is 20.5 Å². The van der Waals surface area contributed by atoms with Crippen molar-refractivity contribution >= 4 is 17.2 Å². The van der Waals surface area contributed by atoms with Crippen molar-refractivity contribution in [1.29, 1.82) is 0 Å². The summed E-state index contributed by atoms with van der Waals surface area (Å²) in [6.07, 6.45) is -4.72. The fourth-order valence-corrected chi connectivity index (χ4v) is 4.63. The SMILES string of the molecule is COc1cccc(Cn2nc(C)c(NC(=O)c3cc4nc(-c5ccc(C(C)C)cc5)cc(C(F)(F)F)n4n3)c2C)c1. The molecule has 1 N–H and O–H groups in total. The second kappa shape index (κ2) is 10.7. The van der Waals surface area contributed by atoms with Gasteiger partial charge >= 0.3 is 6.18 Å². The lowest BCUT2D eigenvalue weighted by Crippen LogP contribution is -2.16. The van der Waals surface area contributed by atoms with Gasteiger partial charge in [0, 0.05) is 11.6 Å². The summed E-state index contributed by atoms with van der Waals surface area (Å²) in [6.45, 7) is 8.06. The maximum absolute atomic E-state index is 14.1. The Hall–Kier alpha value is -4.67. The number of carbonyl (C=O) groups is 1. The molecule has 0 fully saturated rings. The molecule has 0 unspecified atom stereocenters. The summed E-state index contributed by atoms with van der Waals surface area (Å²) in [6, 6.07) is 17.0. The summed E-state index contributed by atoms with van der Waals surface area (Å²) < 4.78 is 49.9. The summed E-state index contributed by atoms with van der Waals surface area (Å²) in [5.74, 6) is 0.327. The van der Waals surface area contributed by atoms with Crippen molar-refractivity contribution in [1.82, 2.24) is 24.4 Å². The Morgan fingerprint density at radius 2 is 1.76 bits per heavy atom. The highest BCUT2D eigenvalue weighted by Gasteiger charge is 2.36. The second-order valence-corrected chi connectivity index (χ2v) is 10.1. The van der Waals surface area contributed by atoms with Crippen molar-refractivity contribution in [2.75, 3.05) is 12.4 Å². The number of anilines is 1. The van der Waals surface area contributed by atoms with E-state index in [1.54, 1.807) is 37.8 Å². The predicted octanol–water partition coefficient (Wildman–Crippen LogP) is 6.66. The van der Waals surface area contributed by atoms with E-state index < -0.39 is 17.8 Å². The third-order valence-corrected chi connectivity index (χ3v) is 6.91. The number of carbonyl (C=O) groups excluding carboxylic acids is 1. The molecular weight excluding hydrogens is 533 g/mol. The molecule has 0 atom stereocenters. The summed E-state index contributed by atoms with van der Waals surface area (Å²) in [7, 11) is 1.59. The minimum Gasteiger partial charge on any atom is -0.497 e. The lowest BCUT2D eigenvalue weighted by Gasteiger charge is -2.12. The third-order valence-electron chi connectivity index (χ3n) is 6.91. The van der Waals surface area contributed by atoms with Crippen molar-refractivity contribution in [2.45, 2.75) is 46.3 Å². The highest BCUT2D eigenvalue weighted by atomic mass is 19.4. The number of nitrogens with one attached hydrogen (secondary N) is 1. The fraction of sp³-hybridized carbons (Fsp3) is 0.267. The molecule has 41 heavy (non-hydrogen) atoms. The van der Waals surface area contributed by atoms with Gasteiger partial charge in [0.1, 0.15) is 5.75 Å². The Labute approximate surface area is 234 Å². The number of amides is 1. The summed E-state index contributed by atoms with van der Waals surface area (Å²) in [4.78, 5) is 17.6. The number of alkyl halides is 3. The number of nitrogens with zero attached hydrogens (tertiary/aromatic N) is 5. The van der Waals surface area contributed by atoms with Gasteiger partial charge in [-0.05, 0) is 49.1 Å².